The number of likely N-dealkylation sites (N-methyl/N-ethyl adjacent to an activating group) is 1. The number of fused-ring (bicyclic) bond motifs is 1. The van der Waals surface area contributed by atoms with Gasteiger partial charge in [-0.1, -0.05) is 6.92 Å². The van der Waals surface area contributed by atoms with Crippen LogP contribution in [0.5, 0.6) is 0 Å². The summed E-state index contributed by atoms with van der Waals surface area (Å²) >= 11 is 1.33. The summed E-state index contributed by atoms with van der Waals surface area (Å²) in [6.45, 7) is 9.85. The van der Waals surface area contributed by atoms with Gasteiger partial charge in [0.2, 0.25) is 15.9 Å². The molecule has 2 aliphatic heterocycles. The van der Waals surface area contributed by atoms with E-state index in [4.69, 9.17) is 4.74 Å². The number of rotatable bonds is 6. The molecular formula is C25H33N5O6S2. The van der Waals surface area contributed by atoms with E-state index < -0.39 is 27.7 Å². The Kier molecular flexibility index (Phi) is 8.52. The van der Waals surface area contributed by atoms with Crippen LogP contribution >= 0.6 is 11.3 Å². The predicted molar refractivity (Wildman–Crippen MR) is 143 cm³/mol. The third kappa shape index (κ3) is 6.07. The van der Waals surface area contributed by atoms with E-state index in [1.54, 1.807) is 0 Å². The van der Waals surface area contributed by atoms with Gasteiger partial charge >= 0.3 is 0 Å². The molecule has 2 unspecified atom stereocenters. The van der Waals surface area contributed by atoms with Crippen LogP contribution in [-0.4, -0.2) is 73.7 Å². The summed E-state index contributed by atoms with van der Waals surface area (Å²) < 4.78 is 33.3. The molecule has 38 heavy (non-hydrogen) atoms. The van der Waals surface area contributed by atoms with Crippen molar-refractivity contribution in [1.82, 2.24) is 20.1 Å². The number of carbonyl (C=O) groups excluding carboxylic acids is 3. The molecule has 11 nitrogen and oxygen atoms in total. The molecule has 1 aromatic heterocycles. The Bertz CT molecular complexity index is 1310. The molecule has 0 bridgehead atoms. The molecular weight excluding hydrogens is 530 g/mol. The van der Waals surface area contributed by atoms with Crippen LogP contribution in [0.15, 0.2) is 29.2 Å². The number of anilines is 1. The van der Waals surface area contributed by atoms with Gasteiger partial charge in [0.1, 0.15) is 5.00 Å². The lowest BCUT2D eigenvalue weighted by Gasteiger charge is -2.34. The lowest BCUT2D eigenvalue weighted by atomic mass is 10.0. The quantitative estimate of drug-likeness (QED) is 0.457. The average molecular weight is 564 g/mol. The van der Waals surface area contributed by atoms with Crippen LogP contribution in [0, 0.1) is 0 Å². The number of hydrazine groups is 1. The maximum atomic E-state index is 13.1. The summed E-state index contributed by atoms with van der Waals surface area (Å²) in [5, 5.41) is 3.21. The Hall–Kier alpha value is -2.84. The zero-order chi connectivity index (χ0) is 27.6. The second-order valence-electron chi connectivity index (χ2n) is 9.52. The SMILES string of the molecule is CCN1CCc2c(sc(NC(=O)c3ccc(S(=O)(=O)N4CC(C)OC(C)C4)cc3)c2C(=O)NNC(C)=O)C1. The maximum Gasteiger partial charge on any atom is 0.272 e. The van der Waals surface area contributed by atoms with E-state index in [-0.39, 0.29) is 35.8 Å². The third-order valence-electron chi connectivity index (χ3n) is 6.53. The number of benzene rings is 1. The maximum absolute atomic E-state index is 13.1. The molecule has 1 fully saturated rings. The highest BCUT2D eigenvalue weighted by Gasteiger charge is 2.33. The number of hydrogen-bond acceptors (Lipinski definition) is 8. The summed E-state index contributed by atoms with van der Waals surface area (Å²) in [4.78, 5) is 40.7. The van der Waals surface area contributed by atoms with E-state index in [1.807, 2.05) is 13.8 Å². The highest BCUT2D eigenvalue weighted by atomic mass is 32.2. The largest absolute Gasteiger partial charge is 0.373 e. The topological polar surface area (TPSA) is 137 Å². The Morgan fingerprint density at radius 3 is 2.32 bits per heavy atom. The van der Waals surface area contributed by atoms with E-state index in [0.29, 0.717) is 23.5 Å². The molecule has 0 aliphatic carbocycles. The highest BCUT2D eigenvalue weighted by Crippen LogP contribution is 2.37. The fourth-order valence-corrected chi connectivity index (χ4v) is 7.56. The van der Waals surface area contributed by atoms with Gasteiger partial charge in [0.15, 0.2) is 0 Å². The van der Waals surface area contributed by atoms with Crippen LogP contribution in [0.25, 0.3) is 0 Å². The Morgan fingerprint density at radius 2 is 1.71 bits per heavy atom. The van der Waals surface area contributed by atoms with E-state index >= 15 is 0 Å². The molecule has 1 aromatic carbocycles. The first-order chi connectivity index (χ1) is 18.0. The van der Waals surface area contributed by atoms with Gasteiger partial charge in [0.25, 0.3) is 11.8 Å². The molecule has 4 rings (SSSR count). The number of carbonyl (C=O) groups is 3. The number of morpholine rings is 1. The number of amides is 3. The van der Waals surface area contributed by atoms with Crippen LogP contribution in [0.3, 0.4) is 0 Å². The molecule has 2 aliphatic rings. The highest BCUT2D eigenvalue weighted by molar-refractivity contribution is 7.89. The van der Waals surface area contributed by atoms with Crippen molar-refractivity contribution in [2.24, 2.45) is 0 Å². The minimum Gasteiger partial charge on any atom is -0.373 e. The van der Waals surface area contributed by atoms with Crippen LogP contribution in [0.4, 0.5) is 5.00 Å². The number of nitrogens with zero attached hydrogens (tertiary/aromatic N) is 2. The molecule has 0 radical (unpaired) electrons. The molecule has 206 valence electrons. The minimum atomic E-state index is -3.74. The second-order valence-corrected chi connectivity index (χ2v) is 12.6. The predicted octanol–water partition coefficient (Wildman–Crippen LogP) is 1.96. The number of thiophene rings is 1. The Balaban J connectivity index is 1.55. The summed E-state index contributed by atoms with van der Waals surface area (Å²) in [7, 11) is -3.74. The lowest BCUT2D eigenvalue weighted by Crippen LogP contribution is -2.48. The second kappa shape index (κ2) is 11.5. The van der Waals surface area contributed by atoms with Gasteiger partial charge in [0, 0.05) is 43.5 Å². The first-order valence-corrected chi connectivity index (χ1v) is 14.8. The van der Waals surface area contributed by atoms with Crippen LogP contribution in [0.1, 0.15) is 58.9 Å². The first-order valence-electron chi connectivity index (χ1n) is 12.5. The number of sulfonamides is 1. The zero-order valence-corrected chi connectivity index (χ0v) is 23.5. The monoisotopic (exact) mass is 563 g/mol. The molecule has 2 aromatic rings. The standard InChI is InChI=1S/C25H33N5O6S2/c1-5-29-11-10-20-21(14-29)37-25(22(20)24(33)28-27-17(4)31)26-23(32)18-6-8-19(9-7-18)38(34,35)30-12-15(2)36-16(3)13-30/h6-9,15-16H,5,10-14H2,1-4H3,(H,26,32)(H,27,31)(H,28,33). The molecule has 3 amide bonds. The zero-order valence-electron chi connectivity index (χ0n) is 21.9. The summed E-state index contributed by atoms with van der Waals surface area (Å²) in [5.41, 5.74) is 6.14. The number of hydrogen-bond donors (Lipinski definition) is 3. The van der Waals surface area contributed by atoms with Crippen molar-refractivity contribution < 1.29 is 27.5 Å². The van der Waals surface area contributed by atoms with Crippen molar-refractivity contribution in [1.29, 1.82) is 0 Å². The van der Waals surface area contributed by atoms with E-state index in [9.17, 15) is 22.8 Å². The summed E-state index contributed by atoms with van der Waals surface area (Å²) in [5.74, 6) is -1.39. The Morgan fingerprint density at radius 1 is 1.05 bits per heavy atom. The van der Waals surface area contributed by atoms with Crippen molar-refractivity contribution in [3.63, 3.8) is 0 Å². The van der Waals surface area contributed by atoms with Gasteiger partial charge < -0.3 is 10.1 Å². The van der Waals surface area contributed by atoms with E-state index in [2.05, 4.69) is 28.0 Å². The molecule has 0 saturated carbocycles. The average Bonchev–Trinajstić information content (AvgIpc) is 3.23. The van der Waals surface area contributed by atoms with Gasteiger partial charge in [-0.15, -0.1) is 11.3 Å². The van der Waals surface area contributed by atoms with E-state index in [1.165, 1.54) is 46.8 Å². The molecule has 13 heteroatoms. The molecule has 3 N–H and O–H groups in total. The van der Waals surface area contributed by atoms with Gasteiger partial charge in [-0.25, -0.2) is 8.42 Å². The number of nitrogens with one attached hydrogen (secondary N) is 3. The fourth-order valence-electron chi connectivity index (χ4n) is 4.69. The first kappa shape index (κ1) is 28.2. The molecule has 2 atom stereocenters. The smallest absolute Gasteiger partial charge is 0.272 e. The van der Waals surface area contributed by atoms with Crippen LogP contribution in [0.2, 0.25) is 0 Å². The lowest BCUT2D eigenvalue weighted by molar-refractivity contribution is -0.119. The normalized spacial score (nSPS) is 20.4. The fraction of sp³-hybridized carbons (Fsp3) is 0.480. The van der Waals surface area contributed by atoms with Crippen LogP contribution < -0.4 is 16.2 Å². The Labute approximate surface area is 226 Å². The molecule has 3 heterocycles. The van der Waals surface area contributed by atoms with Gasteiger partial charge in [-0.2, -0.15) is 4.31 Å². The molecule has 1 saturated heterocycles. The summed E-state index contributed by atoms with van der Waals surface area (Å²) in [6, 6.07) is 5.74. The van der Waals surface area contributed by atoms with Crippen molar-refractivity contribution >= 4 is 44.1 Å². The van der Waals surface area contributed by atoms with E-state index in [0.717, 1.165) is 23.5 Å². The van der Waals surface area contributed by atoms with Crippen molar-refractivity contribution in [3.8, 4) is 0 Å². The van der Waals surface area contributed by atoms with Gasteiger partial charge in [-0.05, 0) is 56.6 Å². The van der Waals surface area contributed by atoms with Crippen molar-refractivity contribution in [3.05, 3.63) is 45.8 Å². The molecule has 0 spiro atoms. The van der Waals surface area contributed by atoms with Gasteiger partial charge in [-0.3, -0.25) is 30.1 Å². The minimum absolute atomic E-state index is 0.0944. The van der Waals surface area contributed by atoms with Gasteiger partial charge in [0.05, 0.1) is 22.7 Å². The number of ether oxygens (including phenoxy) is 1. The van der Waals surface area contributed by atoms with Crippen molar-refractivity contribution in [2.75, 3.05) is 31.5 Å². The van der Waals surface area contributed by atoms with Crippen LogP contribution in [-0.2, 0) is 32.5 Å². The third-order valence-corrected chi connectivity index (χ3v) is 9.51. The van der Waals surface area contributed by atoms with Crippen molar-refractivity contribution in [2.45, 2.75) is 57.8 Å². The summed E-state index contributed by atoms with van der Waals surface area (Å²) in [6.07, 6.45) is 0.220.